The summed E-state index contributed by atoms with van der Waals surface area (Å²) < 4.78 is 2.08. The number of aromatic nitrogens is 4. The third kappa shape index (κ3) is 3.56. The molecule has 0 atom stereocenters. The summed E-state index contributed by atoms with van der Waals surface area (Å²) in [5.41, 5.74) is 8.91. The van der Waals surface area contributed by atoms with Gasteiger partial charge in [0.15, 0.2) is 5.65 Å². The molecule has 0 unspecified atom stereocenters. The molecule has 30 heavy (non-hydrogen) atoms. The van der Waals surface area contributed by atoms with Gasteiger partial charge < -0.3 is 0 Å². The summed E-state index contributed by atoms with van der Waals surface area (Å²) in [5, 5.41) is 4.88. The van der Waals surface area contributed by atoms with Crippen LogP contribution in [0.15, 0.2) is 30.3 Å². The molecule has 0 spiro atoms. The van der Waals surface area contributed by atoms with E-state index in [0.29, 0.717) is 5.92 Å². The zero-order chi connectivity index (χ0) is 21.4. The molecule has 0 saturated heterocycles. The quantitative estimate of drug-likeness (QED) is 0.342. The maximum atomic E-state index is 4.99. The monoisotopic (exact) mass is 418 g/mol. The Kier molecular flexibility index (Phi) is 5.74. The van der Waals surface area contributed by atoms with Gasteiger partial charge in [-0.2, -0.15) is 5.10 Å². The molecule has 0 aliphatic carbocycles. The van der Waals surface area contributed by atoms with Crippen molar-refractivity contribution in [2.45, 2.75) is 66.7 Å². The number of imidazole rings is 1. The third-order valence-corrected chi connectivity index (χ3v) is 7.16. The van der Waals surface area contributed by atoms with Crippen LogP contribution in [0.2, 0.25) is 0 Å². The van der Waals surface area contributed by atoms with Gasteiger partial charge in [-0.15, -0.1) is 11.3 Å². The first-order chi connectivity index (χ1) is 14.5. The minimum atomic E-state index is 0.504. The van der Waals surface area contributed by atoms with Crippen molar-refractivity contribution in [3.8, 4) is 21.1 Å². The largest absolute Gasteiger partial charge is 0.252 e. The average Bonchev–Trinajstić information content (AvgIpc) is 3.27. The number of nitrogens with zero attached hydrogens (tertiary/aromatic N) is 4. The lowest BCUT2D eigenvalue weighted by molar-refractivity contribution is 0.638. The van der Waals surface area contributed by atoms with Gasteiger partial charge in [-0.1, -0.05) is 26.8 Å². The zero-order valence-corrected chi connectivity index (χ0v) is 19.6. The van der Waals surface area contributed by atoms with Crippen molar-refractivity contribution >= 4 is 17.0 Å². The fraction of sp³-hybridized carbons (Fsp3) is 0.400. The van der Waals surface area contributed by atoms with Gasteiger partial charge in [-0.3, -0.25) is 4.98 Å². The first-order valence-corrected chi connectivity index (χ1v) is 11.7. The summed E-state index contributed by atoms with van der Waals surface area (Å²) >= 11 is 1.79. The molecular weight excluding hydrogens is 388 g/mol. The minimum Gasteiger partial charge on any atom is -0.252 e. The summed E-state index contributed by atoms with van der Waals surface area (Å²) in [6.07, 6.45) is 3.16. The highest BCUT2D eigenvalue weighted by Gasteiger charge is 2.22. The molecular formula is C25H30N4S. The molecule has 156 valence electrons. The van der Waals surface area contributed by atoms with Crippen LogP contribution in [0.1, 0.15) is 67.7 Å². The summed E-state index contributed by atoms with van der Waals surface area (Å²) in [7, 11) is 0. The van der Waals surface area contributed by atoms with E-state index in [1.165, 1.54) is 20.9 Å². The van der Waals surface area contributed by atoms with E-state index in [1.54, 1.807) is 11.3 Å². The topological polar surface area (TPSA) is 43.1 Å². The number of aryl methyl sites for hydroxylation is 4. The summed E-state index contributed by atoms with van der Waals surface area (Å²) in [6.45, 7) is 13.0. The highest BCUT2D eigenvalue weighted by molar-refractivity contribution is 7.19. The molecule has 0 aliphatic rings. The van der Waals surface area contributed by atoms with Crippen molar-refractivity contribution in [3.05, 3.63) is 58.5 Å². The van der Waals surface area contributed by atoms with E-state index in [2.05, 4.69) is 76.4 Å². The fourth-order valence-electron chi connectivity index (χ4n) is 4.23. The highest BCUT2D eigenvalue weighted by atomic mass is 32.1. The summed E-state index contributed by atoms with van der Waals surface area (Å²) in [5.74, 6) is 0.504. The van der Waals surface area contributed by atoms with Gasteiger partial charge in [0.1, 0.15) is 5.69 Å². The summed E-state index contributed by atoms with van der Waals surface area (Å²) in [4.78, 5) is 12.2. The van der Waals surface area contributed by atoms with Gasteiger partial charge >= 0.3 is 0 Å². The molecule has 0 N–H and O–H groups in total. The van der Waals surface area contributed by atoms with Crippen molar-refractivity contribution in [1.29, 1.82) is 0 Å². The van der Waals surface area contributed by atoms with Crippen LogP contribution >= 0.6 is 11.3 Å². The van der Waals surface area contributed by atoms with Crippen LogP contribution in [0.4, 0.5) is 0 Å². The molecule has 4 aromatic heterocycles. The molecule has 0 aromatic carbocycles. The van der Waals surface area contributed by atoms with Gasteiger partial charge in [0.05, 0.1) is 26.8 Å². The Morgan fingerprint density at radius 1 is 1.00 bits per heavy atom. The Labute approximate surface area is 183 Å². The Morgan fingerprint density at radius 3 is 2.47 bits per heavy atom. The fourth-order valence-corrected chi connectivity index (χ4v) is 5.45. The van der Waals surface area contributed by atoms with E-state index in [4.69, 9.17) is 15.1 Å². The number of thiophene rings is 1. The smallest absolute Gasteiger partial charge is 0.158 e. The van der Waals surface area contributed by atoms with Crippen LogP contribution < -0.4 is 0 Å². The molecule has 0 amide bonds. The van der Waals surface area contributed by atoms with Crippen LogP contribution in [0.25, 0.3) is 26.8 Å². The van der Waals surface area contributed by atoms with E-state index in [-0.39, 0.29) is 0 Å². The SMILES string of the molecule is CCc1cccc(-c2cc(C)c(-c3c(C)nc4c(C(CC)CC)cc(C)nn34)s2)n1. The number of hydrogen-bond donors (Lipinski definition) is 0. The lowest BCUT2D eigenvalue weighted by Crippen LogP contribution is -2.05. The third-order valence-electron chi connectivity index (χ3n) is 5.89. The van der Waals surface area contributed by atoms with Gasteiger partial charge in [-0.25, -0.2) is 9.50 Å². The molecule has 4 nitrogen and oxygen atoms in total. The minimum absolute atomic E-state index is 0.504. The van der Waals surface area contributed by atoms with Crippen molar-refractivity contribution < 1.29 is 0 Å². The maximum absolute atomic E-state index is 4.99. The van der Waals surface area contributed by atoms with Gasteiger partial charge in [0.2, 0.25) is 0 Å². The molecule has 0 saturated carbocycles. The Balaban J connectivity index is 1.90. The molecule has 0 radical (unpaired) electrons. The van der Waals surface area contributed by atoms with E-state index < -0.39 is 0 Å². The molecule has 4 heterocycles. The standard InChI is InChI=1S/C25H30N4S/c1-7-18(8-2)20-14-16(5)28-29-23(17(6)26-25(20)29)24-15(4)13-22(30-24)21-12-10-11-19(9-3)27-21/h10-14,18H,7-9H2,1-6H3. The van der Waals surface area contributed by atoms with Crippen molar-refractivity contribution in [2.75, 3.05) is 0 Å². The molecule has 0 bridgehead atoms. The predicted octanol–water partition coefficient (Wildman–Crippen LogP) is 6.91. The van der Waals surface area contributed by atoms with Crippen LogP contribution in [-0.4, -0.2) is 19.6 Å². The maximum Gasteiger partial charge on any atom is 0.158 e. The number of fused-ring (bicyclic) bond motifs is 1. The number of rotatable bonds is 6. The Bertz CT molecular complexity index is 1200. The highest BCUT2D eigenvalue weighted by Crippen LogP contribution is 2.40. The second kappa shape index (κ2) is 8.31. The second-order valence-electron chi connectivity index (χ2n) is 8.03. The number of pyridine rings is 1. The van der Waals surface area contributed by atoms with Crippen LogP contribution in [-0.2, 0) is 6.42 Å². The van der Waals surface area contributed by atoms with E-state index in [1.807, 2.05) is 0 Å². The number of hydrogen-bond acceptors (Lipinski definition) is 4. The first-order valence-electron chi connectivity index (χ1n) is 10.9. The van der Waals surface area contributed by atoms with Crippen LogP contribution in [0, 0.1) is 20.8 Å². The molecule has 5 heteroatoms. The Morgan fingerprint density at radius 2 is 1.77 bits per heavy atom. The van der Waals surface area contributed by atoms with Crippen molar-refractivity contribution in [2.24, 2.45) is 0 Å². The lowest BCUT2D eigenvalue weighted by atomic mass is 9.95. The molecule has 4 rings (SSSR count). The van der Waals surface area contributed by atoms with E-state index >= 15 is 0 Å². The van der Waals surface area contributed by atoms with Gasteiger partial charge in [0.25, 0.3) is 0 Å². The normalized spacial score (nSPS) is 11.7. The summed E-state index contributed by atoms with van der Waals surface area (Å²) in [6, 6.07) is 10.8. The first kappa shape index (κ1) is 20.7. The Hall–Kier alpha value is -2.53. The van der Waals surface area contributed by atoms with Crippen molar-refractivity contribution in [1.82, 2.24) is 19.6 Å². The average molecular weight is 419 g/mol. The van der Waals surface area contributed by atoms with E-state index in [9.17, 15) is 0 Å². The van der Waals surface area contributed by atoms with Crippen LogP contribution in [0.5, 0.6) is 0 Å². The van der Waals surface area contributed by atoms with Crippen molar-refractivity contribution in [3.63, 3.8) is 0 Å². The lowest BCUT2D eigenvalue weighted by Gasteiger charge is -2.14. The predicted molar refractivity (Wildman–Crippen MR) is 126 cm³/mol. The second-order valence-corrected chi connectivity index (χ2v) is 9.08. The van der Waals surface area contributed by atoms with Gasteiger partial charge in [-0.05, 0) is 75.8 Å². The van der Waals surface area contributed by atoms with Gasteiger partial charge in [0, 0.05) is 11.3 Å². The zero-order valence-electron chi connectivity index (χ0n) is 18.8. The van der Waals surface area contributed by atoms with E-state index in [0.717, 1.165) is 53.4 Å². The molecule has 0 fully saturated rings. The van der Waals surface area contributed by atoms with Crippen LogP contribution in [0.3, 0.4) is 0 Å². The molecule has 0 aliphatic heterocycles. The molecule has 4 aromatic rings.